The lowest BCUT2D eigenvalue weighted by Gasteiger charge is -2.35. The van der Waals surface area contributed by atoms with Crippen molar-refractivity contribution in [2.75, 3.05) is 0 Å². The number of aromatic nitrogens is 2. The minimum absolute atomic E-state index is 0.499. The van der Waals surface area contributed by atoms with Gasteiger partial charge in [0, 0.05) is 11.3 Å². The van der Waals surface area contributed by atoms with Gasteiger partial charge < -0.3 is 0 Å². The summed E-state index contributed by atoms with van der Waals surface area (Å²) in [5, 5.41) is 2.56. The Kier molecular flexibility index (Phi) is 6.20. The fourth-order valence-electron chi connectivity index (χ4n) is 9.02. The number of para-hydroxylation sites is 1. The molecule has 1 atom stereocenters. The Labute approximate surface area is 302 Å². The van der Waals surface area contributed by atoms with Crippen molar-refractivity contribution < 1.29 is 0 Å². The Morgan fingerprint density at radius 3 is 1.98 bits per heavy atom. The summed E-state index contributed by atoms with van der Waals surface area (Å²) in [6.07, 6.45) is 4.61. The Morgan fingerprint density at radius 1 is 0.442 bits per heavy atom. The van der Waals surface area contributed by atoms with E-state index in [0.29, 0.717) is 0 Å². The van der Waals surface area contributed by atoms with Gasteiger partial charge in [-0.15, -0.1) is 0 Å². The van der Waals surface area contributed by atoms with Crippen LogP contribution in [0.3, 0.4) is 0 Å². The van der Waals surface area contributed by atoms with Crippen LogP contribution in [0.5, 0.6) is 0 Å². The molecule has 2 aliphatic carbocycles. The minimum atomic E-state index is -0.499. The van der Waals surface area contributed by atoms with Crippen molar-refractivity contribution in [1.29, 1.82) is 0 Å². The van der Waals surface area contributed by atoms with Gasteiger partial charge in [0.1, 0.15) is 5.82 Å². The number of benzene rings is 8. The molecule has 1 unspecified atom stereocenters. The molecule has 2 heteroatoms. The lowest BCUT2D eigenvalue weighted by Crippen LogP contribution is -2.30. The zero-order chi connectivity index (χ0) is 34.2. The van der Waals surface area contributed by atoms with E-state index in [-0.39, 0.29) is 0 Å². The van der Waals surface area contributed by atoms with E-state index in [1.165, 1.54) is 60.8 Å². The van der Waals surface area contributed by atoms with Crippen LogP contribution in [0.2, 0.25) is 0 Å². The van der Waals surface area contributed by atoms with Crippen LogP contribution in [0.4, 0.5) is 0 Å². The van der Waals surface area contributed by atoms with Gasteiger partial charge in [-0.1, -0.05) is 164 Å². The molecule has 242 valence electrons. The van der Waals surface area contributed by atoms with Gasteiger partial charge in [-0.25, -0.2) is 4.98 Å². The minimum Gasteiger partial charge on any atom is -0.292 e. The fraction of sp³-hybridized carbons (Fsp3) is 0.0200. The standard InChI is InChI=1S/C50H32N2/c1-3-15-36(16-4-1)49-51-46-32-38(28-30-47(46)52(49)39-17-5-2-6-18-39)37-26-25-35-24-23-34-14-8-11-21-42(34)50(45(35)31-37)43-22-12-10-20-41(43)48-40-19-9-7-13-33(40)27-29-44(48)50/h1-32H. The summed E-state index contributed by atoms with van der Waals surface area (Å²) in [5.74, 6) is 0.938. The maximum atomic E-state index is 5.29. The maximum Gasteiger partial charge on any atom is 0.145 e. The van der Waals surface area contributed by atoms with E-state index in [9.17, 15) is 0 Å². The molecule has 0 fully saturated rings. The normalized spacial score (nSPS) is 15.3. The van der Waals surface area contributed by atoms with Crippen LogP contribution in [-0.4, -0.2) is 9.55 Å². The van der Waals surface area contributed by atoms with Crippen molar-refractivity contribution in [1.82, 2.24) is 9.55 Å². The number of hydrogen-bond acceptors (Lipinski definition) is 1. The van der Waals surface area contributed by atoms with Gasteiger partial charge in [0.2, 0.25) is 0 Å². The van der Waals surface area contributed by atoms with Crippen molar-refractivity contribution in [2.24, 2.45) is 0 Å². The molecule has 0 saturated carbocycles. The second kappa shape index (κ2) is 11.1. The molecular weight excluding hydrogens is 629 g/mol. The van der Waals surface area contributed by atoms with Gasteiger partial charge in [0.15, 0.2) is 0 Å². The van der Waals surface area contributed by atoms with Gasteiger partial charge >= 0.3 is 0 Å². The van der Waals surface area contributed by atoms with Crippen LogP contribution in [0.15, 0.2) is 182 Å². The van der Waals surface area contributed by atoms with Crippen molar-refractivity contribution in [3.05, 3.63) is 215 Å². The van der Waals surface area contributed by atoms with Crippen LogP contribution in [0.1, 0.15) is 33.4 Å². The van der Waals surface area contributed by atoms with E-state index in [4.69, 9.17) is 4.98 Å². The summed E-state index contributed by atoms with van der Waals surface area (Å²) < 4.78 is 2.28. The number of rotatable bonds is 3. The summed E-state index contributed by atoms with van der Waals surface area (Å²) in [5.41, 5.74) is 16.5. The zero-order valence-electron chi connectivity index (χ0n) is 28.4. The average Bonchev–Trinajstić information content (AvgIpc) is 3.70. The van der Waals surface area contributed by atoms with Crippen LogP contribution in [0, 0.1) is 0 Å². The highest BCUT2D eigenvalue weighted by Crippen LogP contribution is 2.60. The third kappa shape index (κ3) is 4.03. The molecule has 0 aliphatic heterocycles. The first-order valence-corrected chi connectivity index (χ1v) is 18.0. The molecule has 52 heavy (non-hydrogen) atoms. The lowest BCUT2D eigenvalue weighted by molar-refractivity contribution is 0.767. The maximum absolute atomic E-state index is 5.29. The number of imidazole rings is 1. The number of fused-ring (bicyclic) bond motifs is 12. The predicted octanol–water partition coefficient (Wildman–Crippen LogP) is 12.4. The highest BCUT2D eigenvalue weighted by Gasteiger charge is 2.49. The van der Waals surface area contributed by atoms with E-state index >= 15 is 0 Å². The molecule has 0 N–H and O–H groups in total. The average molecular weight is 661 g/mol. The molecule has 1 aromatic heterocycles. The molecule has 8 aromatic carbocycles. The first kappa shape index (κ1) is 29.0. The Hall–Kier alpha value is -6.77. The Balaban J connectivity index is 1.18. The Bertz CT molecular complexity index is 2900. The smallest absolute Gasteiger partial charge is 0.145 e. The third-order valence-electron chi connectivity index (χ3n) is 11.2. The van der Waals surface area contributed by atoms with Gasteiger partial charge in [-0.2, -0.15) is 0 Å². The van der Waals surface area contributed by atoms with Crippen LogP contribution < -0.4 is 0 Å². The van der Waals surface area contributed by atoms with Gasteiger partial charge in [0.25, 0.3) is 0 Å². The second-order valence-electron chi connectivity index (χ2n) is 13.9. The first-order chi connectivity index (χ1) is 25.8. The van der Waals surface area contributed by atoms with Crippen LogP contribution >= 0.6 is 0 Å². The lowest BCUT2D eigenvalue weighted by atomic mass is 9.65. The number of nitrogens with zero attached hydrogens (tertiary/aromatic N) is 2. The van der Waals surface area contributed by atoms with E-state index in [1.54, 1.807) is 0 Å². The SMILES string of the molecule is C1=Cc2ccc(-c3ccc4c(c3)nc(-c3ccccc3)n4-c3ccccc3)cc2C2(c3ccccc31)c1ccccc1-c1c2ccc2ccccc12. The molecule has 11 rings (SSSR count). The van der Waals surface area contributed by atoms with Crippen molar-refractivity contribution in [2.45, 2.75) is 5.41 Å². The van der Waals surface area contributed by atoms with E-state index in [1.807, 2.05) is 0 Å². The summed E-state index contributed by atoms with van der Waals surface area (Å²) >= 11 is 0. The molecule has 2 aliphatic rings. The first-order valence-electron chi connectivity index (χ1n) is 18.0. The highest BCUT2D eigenvalue weighted by atomic mass is 15.1. The zero-order valence-corrected chi connectivity index (χ0v) is 28.4. The van der Waals surface area contributed by atoms with E-state index in [2.05, 4.69) is 199 Å². The topological polar surface area (TPSA) is 17.8 Å². The summed E-state index contributed by atoms with van der Waals surface area (Å²) in [6.45, 7) is 0. The third-order valence-corrected chi connectivity index (χ3v) is 11.2. The van der Waals surface area contributed by atoms with Crippen molar-refractivity contribution >= 4 is 34.0 Å². The predicted molar refractivity (Wildman–Crippen MR) is 216 cm³/mol. The molecule has 1 heterocycles. The Morgan fingerprint density at radius 2 is 1.12 bits per heavy atom. The van der Waals surface area contributed by atoms with E-state index in [0.717, 1.165) is 33.7 Å². The largest absolute Gasteiger partial charge is 0.292 e. The quantitative estimate of drug-likeness (QED) is 0.184. The van der Waals surface area contributed by atoms with Crippen molar-refractivity contribution in [3.8, 4) is 39.3 Å². The molecule has 0 saturated heterocycles. The number of hydrogen-bond donors (Lipinski definition) is 0. The van der Waals surface area contributed by atoms with Crippen LogP contribution in [0.25, 0.3) is 73.3 Å². The second-order valence-corrected chi connectivity index (χ2v) is 13.9. The van der Waals surface area contributed by atoms with Gasteiger partial charge in [0.05, 0.1) is 16.4 Å². The summed E-state index contributed by atoms with van der Waals surface area (Å²) in [4.78, 5) is 5.29. The molecule has 9 aromatic rings. The summed E-state index contributed by atoms with van der Waals surface area (Å²) in [6, 6.07) is 66.4. The monoisotopic (exact) mass is 660 g/mol. The highest BCUT2D eigenvalue weighted by molar-refractivity contribution is 6.05. The van der Waals surface area contributed by atoms with Gasteiger partial charge in [-0.05, 0) is 96.7 Å². The van der Waals surface area contributed by atoms with Crippen LogP contribution in [-0.2, 0) is 5.41 Å². The molecule has 0 amide bonds. The van der Waals surface area contributed by atoms with E-state index < -0.39 is 5.41 Å². The molecule has 0 radical (unpaired) electrons. The molecule has 2 nitrogen and oxygen atoms in total. The van der Waals surface area contributed by atoms with Gasteiger partial charge in [-0.3, -0.25) is 4.57 Å². The molecule has 1 spiro atoms. The fourth-order valence-corrected chi connectivity index (χ4v) is 9.02. The van der Waals surface area contributed by atoms with Crippen molar-refractivity contribution in [3.63, 3.8) is 0 Å². The molecular formula is C50H32N2. The molecule has 0 bridgehead atoms. The summed E-state index contributed by atoms with van der Waals surface area (Å²) in [7, 11) is 0.